The molecule has 0 spiro atoms. The number of carbonyl (C=O) groups is 1. The van der Waals surface area contributed by atoms with E-state index in [9.17, 15) is 13.2 Å². The number of hydrogen-bond donors (Lipinski definition) is 0. The van der Waals surface area contributed by atoms with E-state index in [1.165, 1.54) is 21.0 Å². The quantitative estimate of drug-likeness (QED) is 0.364. The Labute approximate surface area is 197 Å². The number of aromatic nitrogens is 3. The number of rotatable bonds is 10. The third-order valence-electron chi connectivity index (χ3n) is 5.04. The van der Waals surface area contributed by atoms with Crippen LogP contribution in [0.3, 0.4) is 0 Å². The molecule has 1 saturated heterocycles. The summed E-state index contributed by atoms with van der Waals surface area (Å²) in [6.45, 7) is 5.92. The number of thioether (sulfide) groups is 1. The van der Waals surface area contributed by atoms with Crippen LogP contribution < -0.4 is 0 Å². The number of nitriles is 1. The number of morpholine rings is 1. The highest BCUT2D eigenvalue weighted by Gasteiger charge is 2.27. The highest BCUT2D eigenvalue weighted by atomic mass is 32.2. The molecule has 1 aromatic heterocycles. The minimum absolute atomic E-state index is 0.122. The Hall–Kier alpha value is -2.72. The van der Waals surface area contributed by atoms with Crippen molar-refractivity contribution in [1.29, 1.82) is 5.26 Å². The summed E-state index contributed by atoms with van der Waals surface area (Å²) in [5.41, 5.74) is 0.600. The third kappa shape index (κ3) is 6.00. The maximum Gasteiger partial charge on any atom is 0.243 e. The molecular formula is C21H26N6O4S2. The molecule has 33 heavy (non-hydrogen) atoms. The van der Waals surface area contributed by atoms with Gasteiger partial charge in [0.15, 0.2) is 11.0 Å². The molecule has 1 amide bonds. The van der Waals surface area contributed by atoms with Gasteiger partial charge >= 0.3 is 0 Å². The monoisotopic (exact) mass is 490 g/mol. The van der Waals surface area contributed by atoms with Gasteiger partial charge in [-0.1, -0.05) is 30.0 Å². The summed E-state index contributed by atoms with van der Waals surface area (Å²) in [4.78, 5) is 14.0. The van der Waals surface area contributed by atoms with Gasteiger partial charge < -0.3 is 9.64 Å². The zero-order valence-electron chi connectivity index (χ0n) is 18.4. The number of hydrogen-bond acceptors (Lipinski definition) is 8. The lowest BCUT2D eigenvalue weighted by Crippen LogP contribution is -2.40. The first-order chi connectivity index (χ1) is 15.9. The molecule has 12 heteroatoms. The molecule has 0 bridgehead atoms. The van der Waals surface area contributed by atoms with Crippen LogP contribution in [0.5, 0.6) is 0 Å². The third-order valence-corrected chi connectivity index (χ3v) is 7.88. The molecule has 0 N–H and O–H groups in total. The van der Waals surface area contributed by atoms with Crippen molar-refractivity contribution in [3.8, 4) is 17.5 Å². The molecule has 2 heterocycles. The number of allylic oxidation sites excluding steroid dienone is 1. The van der Waals surface area contributed by atoms with Crippen molar-refractivity contribution < 1.29 is 17.9 Å². The van der Waals surface area contributed by atoms with Gasteiger partial charge in [0.1, 0.15) is 0 Å². The van der Waals surface area contributed by atoms with Gasteiger partial charge in [0.25, 0.3) is 0 Å². The zero-order valence-corrected chi connectivity index (χ0v) is 20.0. The predicted molar refractivity (Wildman–Crippen MR) is 124 cm³/mol. The normalized spacial score (nSPS) is 14.5. The van der Waals surface area contributed by atoms with Crippen LogP contribution in [0.1, 0.15) is 6.42 Å². The molecule has 0 atom stereocenters. The summed E-state index contributed by atoms with van der Waals surface area (Å²) in [6.07, 6.45) is 1.96. The van der Waals surface area contributed by atoms with E-state index in [2.05, 4.69) is 16.8 Å². The number of amides is 1. The highest BCUT2D eigenvalue weighted by Crippen LogP contribution is 2.27. The summed E-state index contributed by atoms with van der Waals surface area (Å²) in [6, 6.07) is 8.62. The van der Waals surface area contributed by atoms with E-state index in [1.54, 1.807) is 42.0 Å². The van der Waals surface area contributed by atoms with Crippen LogP contribution in [0, 0.1) is 11.3 Å². The predicted octanol–water partition coefficient (Wildman–Crippen LogP) is 1.62. The molecule has 1 aliphatic heterocycles. The van der Waals surface area contributed by atoms with Crippen molar-refractivity contribution in [1.82, 2.24) is 24.0 Å². The molecule has 0 saturated carbocycles. The lowest BCUT2D eigenvalue weighted by molar-refractivity contribution is -0.127. The number of benzene rings is 1. The summed E-state index contributed by atoms with van der Waals surface area (Å²) in [7, 11) is -2.00. The summed E-state index contributed by atoms with van der Waals surface area (Å²) in [5, 5.41) is 17.7. The van der Waals surface area contributed by atoms with Gasteiger partial charge in [0.2, 0.25) is 15.9 Å². The van der Waals surface area contributed by atoms with Crippen molar-refractivity contribution in [2.75, 3.05) is 45.6 Å². The Bertz CT molecular complexity index is 1140. The smallest absolute Gasteiger partial charge is 0.243 e. The van der Waals surface area contributed by atoms with Crippen LogP contribution >= 0.6 is 11.8 Å². The molecule has 1 aromatic carbocycles. The summed E-state index contributed by atoms with van der Waals surface area (Å²) in [5.74, 6) is 0.508. The van der Waals surface area contributed by atoms with Crippen molar-refractivity contribution >= 4 is 27.7 Å². The van der Waals surface area contributed by atoms with Gasteiger partial charge in [0, 0.05) is 38.8 Å². The largest absolute Gasteiger partial charge is 0.379 e. The Kier molecular flexibility index (Phi) is 8.62. The Morgan fingerprint density at radius 1 is 1.36 bits per heavy atom. The molecule has 3 rings (SSSR count). The van der Waals surface area contributed by atoms with Crippen molar-refractivity contribution in [2.45, 2.75) is 23.0 Å². The minimum atomic E-state index is -3.65. The highest BCUT2D eigenvalue weighted by molar-refractivity contribution is 7.99. The van der Waals surface area contributed by atoms with E-state index in [4.69, 9.17) is 10.00 Å². The maximum absolute atomic E-state index is 13.0. The molecule has 1 fully saturated rings. The fourth-order valence-electron chi connectivity index (χ4n) is 3.21. The van der Waals surface area contributed by atoms with Crippen LogP contribution in [0.25, 0.3) is 11.4 Å². The molecule has 0 radical (unpaired) electrons. The van der Waals surface area contributed by atoms with Gasteiger partial charge in [-0.3, -0.25) is 9.36 Å². The van der Waals surface area contributed by atoms with Crippen LogP contribution in [0.4, 0.5) is 0 Å². The summed E-state index contributed by atoms with van der Waals surface area (Å²) >= 11 is 1.23. The molecular weight excluding hydrogens is 464 g/mol. The fourth-order valence-corrected chi connectivity index (χ4v) is 5.56. The molecule has 2 aromatic rings. The molecule has 0 unspecified atom stereocenters. The van der Waals surface area contributed by atoms with E-state index in [1.807, 2.05) is 6.07 Å². The topological polar surface area (TPSA) is 121 Å². The first-order valence-corrected chi connectivity index (χ1v) is 12.8. The number of sulfonamides is 1. The first kappa shape index (κ1) is 24.9. The van der Waals surface area contributed by atoms with Crippen molar-refractivity contribution in [2.24, 2.45) is 0 Å². The Balaban J connectivity index is 1.83. The number of nitrogens with zero attached hydrogens (tertiary/aromatic N) is 6. The van der Waals surface area contributed by atoms with E-state index in [0.29, 0.717) is 55.9 Å². The second-order valence-corrected chi connectivity index (χ2v) is 10.1. The number of carbonyl (C=O) groups excluding carboxylic acids is 1. The lowest BCUT2D eigenvalue weighted by atomic mass is 10.2. The average Bonchev–Trinajstić information content (AvgIpc) is 3.24. The van der Waals surface area contributed by atoms with Gasteiger partial charge in [-0.25, -0.2) is 8.42 Å². The van der Waals surface area contributed by atoms with Crippen LogP contribution in [-0.2, 0) is 26.1 Å². The molecule has 1 aliphatic rings. The SMILES string of the molecule is C=CCn1c(SCC(=O)N(C)CCC#N)nnc1-c1cccc(S(=O)(=O)N2CCOCC2)c1. The minimum Gasteiger partial charge on any atom is -0.379 e. The first-order valence-electron chi connectivity index (χ1n) is 10.3. The second-order valence-electron chi connectivity index (χ2n) is 7.26. The molecule has 0 aliphatic carbocycles. The van der Waals surface area contributed by atoms with E-state index in [-0.39, 0.29) is 23.0 Å². The van der Waals surface area contributed by atoms with Gasteiger partial charge in [-0.15, -0.1) is 16.8 Å². The van der Waals surface area contributed by atoms with Gasteiger partial charge in [-0.05, 0) is 12.1 Å². The van der Waals surface area contributed by atoms with E-state index >= 15 is 0 Å². The van der Waals surface area contributed by atoms with E-state index < -0.39 is 10.0 Å². The summed E-state index contributed by atoms with van der Waals surface area (Å²) < 4.78 is 34.6. The Morgan fingerprint density at radius 3 is 2.82 bits per heavy atom. The lowest BCUT2D eigenvalue weighted by Gasteiger charge is -2.26. The number of ether oxygens (including phenoxy) is 1. The zero-order chi connectivity index (χ0) is 23.8. The average molecular weight is 491 g/mol. The van der Waals surface area contributed by atoms with Crippen LogP contribution in [0.2, 0.25) is 0 Å². The van der Waals surface area contributed by atoms with Crippen LogP contribution in [-0.4, -0.2) is 83.9 Å². The molecule has 10 nitrogen and oxygen atoms in total. The maximum atomic E-state index is 13.0. The van der Waals surface area contributed by atoms with E-state index in [0.717, 1.165) is 0 Å². The second kappa shape index (κ2) is 11.4. The van der Waals surface area contributed by atoms with Crippen molar-refractivity contribution in [3.63, 3.8) is 0 Å². The molecule has 176 valence electrons. The fraction of sp³-hybridized carbons (Fsp3) is 0.429. The Morgan fingerprint density at radius 2 is 2.12 bits per heavy atom. The van der Waals surface area contributed by atoms with Crippen LogP contribution in [0.15, 0.2) is 47.0 Å². The van der Waals surface area contributed by atoms with Gasteiger partial charge in [-0.2, -0.15) is 9.57 Å². The standard InChI is InChI=1S/C21H26N6O4S2/c1-3-9-27-20(23-24-21(27)32-16-19(28)25(2)10-5-8-22)17-6-4-7-18(15-17)33(29,30)26-11-13-31-14-12-26/h3-4,6-7,15H,1,5,9-14,16H2,2H3. The van der Waals surface area contributed by atoms with Gasteiger partial charge in [0.05, 0.1) is 36.4 Å². The van der Waals surface area contributed by atoms with Crippen molar-refractivity contribution in [3.05, 3.63) is 36.9 Å².